The number of imidazole rings is 1. The molecule has 206 valence electrons. The number of carbonyl (C=O) groups is 2. The van der Waals surface area contributed by atoms with Crippen LogP contribution >= 0.6 is 11.6 Å². The predicted molar refractivity (Wildman–Crippen MR) is 145 cm³/mol. The normalized spacial score (nSPS) is 16.4. The number of nitrogens with zero attached hydrogens (tertiary/aromatic N) is 3. The van der Waals surface area contributed by atoms with Crippen LogP contribution in [-0.2, 0) is 16.1 Å². The second-order valence-electron chi connectivity index (χ2n) is 8.68. The van der Waals surface area contributed by atoms with Gasteiger partial charge in [-0.15, -0.1) is 0 Å². The van der Waals surface area contributed by atoms with E-state index in [1.807, 2.05) is 17.7 Å². The van der Waals surface area contributed by atoms with Crippen molar-refractivity contribution in [1.29, 1.82) is 0 Å². The Hall–Kier alpha value is -4.18. The summed E-state index contributed by atoms with van der Waals surface area (Å²) in [6, 6.07) is 7.10. The lowest BCUT2D eigenvalue weighted by Crippen LogP contribution is -2.31. The van der Waals surface area contributed by atoms with Crippen LogP contribution in [0.4, 0.5) is 0 Å². The largest absolute Gasteiger partial charge is 0.507 e. The summed E-state index contributed by atoms with van der Waals surface area (Å²) in [5.41, 5.74) is 0.708. The van der Waals surface area contributed by atoms with Crippen molar-refractivity contribution < 1.29 is 33.6 Å². The number of Topliss-reactive ketones (excluding diaryl/α,β-unsaturated/α-hetero) is 1. The third-order valence-corrected chi connectivity index (χ3v) is 6.72. The Balaban J connectivity index is 1.84. The predicted octanol–water partition coefficient (Wildman–Crippen LogP) is 4.47. The van der Waals surface area contributed by atoms with Gasteiger partial charge in [0.25, 0.3) is 11.7 Å². The molecule has 1 saturated heterocycles. The molecule has 11 heteroatoms. The van der Waals surface area contributed by atoms with E-state index in [2.05, 4.69) is 4.98 Å². The van der Waals surface area contributed by atoms with Gasteiger partial charge >= 0.3 is 0 Å². The van der Waals surface area contributed by atoms with Gasteiger partial charge in [0.15, 0.2) is 11.5 Å². The maximum atomic E-state index is 13.4. The van der Waals surface area contributed by atoms with Crippen molar-refractivity contribution in [3.05, 3.63) is 70.8 Å². The van der Waals surface area contributed by atoms with Crippen LogP contribution in [0.25, 0.3) is 5.76 Å². The molecule has 10 nitrogen and oxygen atoms in total. The van der Waals surface area contributed by atoms with Crippen LogP contribution in [-0.4, -0.2) is 65.7 Å². The molecule has 0 unspecified atom stereocenters. The Kier molecular flexibility index (Phi) is 8.65. The van der Waals surface area contributed by atoms with Gasteiger partial charge in [-0.05, 0) is 49.2 Å². The fourth-order valence-corrected chi connectivity index (χ4v) is 4.87. The molecule has 1 fully saturated rings. The van der Waals surface area contributed by atoms with E-state index >= 15 is 0 Å². The summed E-state index contributed by atoms with van der Waals surface area (Å²) in [5, 5.41) is 11.7. The molecular formula is C28H30ClN3O7. The second-order valence-corrected chi connectivity index (χ2v) is 9.09. The molecule has 3 aromatic rings. The van der Waals surface area contributed by atoms with Gasteiger partial charge in [-0.25, -0.2) is 4.98 Å². The Morgan fingerprint density at radius 1 is 1.03 bits per heavy atom. The zero-order chi connectivity index (χ0) is 28.1. The summed E-state index contributed by atoms with van der Waals surface area (Å²) in [5.74, 6) is -0.387. The number of amides is 1. The molecule has 0 aliphatic carbocycles. The first-order valence-electron chi connectivity index (χ1n) is 12.3. The van der Waals surface area contributed by atoms with Gasteiger partial charge in [-0.2, -0.15) is 0 Å². The highest BCUT2D eigenvalue weighted by Crippen LogP contribution is 2.46. The van der Waals surface area contributed by atoms with Crippen molar-refractivity contribution in [2.75, 3.05) is 34.5 Å². The lowest BCUT2D eigenvalue weighted by Gasteiger charge is -2.26. The van der Waals surface area contributed by atoms with Crippen LogP contribution in [0.2, 0.25) is 5.02 Å². The standard InChI is InChI=1S/C28H30ClN3O7/c1-5-39-20-8-7-17(13-19(20)29)25(33)23-24(18-14-21(36-2)27(38-4)22(15-18)37-3)32(28(35)26(23)34)11-6-10-31-12-9-30-16-31/h7-9,12-16,24,33H,5-6,10-11H2,1-4H3/t24-/m1/s1. The van der Waals surface area contributed by atoms with Crippen molar-refractivity contribution in [1.82, 2.24) is 14.5 Å². The number of ether oxygens (including phenoxy) is 4. The van der Waals surface area contributed by atoms with E-state index in [-0.39, 0.29) is 28.5 Å². The van der Waals surface area contributed by atoms with Crippen molar-refractivity contribution >= 4 is 29.1 Å². The monoisotopic (exact) mass is 555 g/mol. The van der Waals surface area contributed by atoms with Crippen molar-refractivity contribution in [2.45, 2.75) is 25.9 Å². The highest BCUT2D eigenvalue weighted by molar-refractivity contribution is 6.46. The third kappa shape index (κ3) is 5.51. The highest BCUT2D eigenvalue weighted by atomic mass is 35.5. The number of aryl methyl sites for hydroxylation is 1. The first-order chi connectivity index (χ1) is 18.8. The fraction of sp³-hybridized carbons (Fsp3) is 0.321. The first-order valence-corrected chi connectivity index (χ1v) is 12.7. The number of carbonyl (C=O) groups excluding carboxylic acids is 2. The highest BCUT2D eigenvalue weighted by Gasteiger charge is 2.46. The van der Waals surface area contributed by atoms with Crippen LogP contribution in [0.15, 0.2) is 54.6 Å². The fourth-order valence-electron chi connectivity index (χ4n) is 4.64. The molecule has 0 bridgehead atoms. The lowest BCUT2D eigenvalue weighted by molar-refractivity contribution is -0.139. The number of methoxy groups -OCH3 is 3. The van der Waals surface area contributed by atoms with E-state index in [1.165, 1.54) is 32.3 Å². The molecular weight excluding hydrogens is 526 g/mol. The number of aliphatic hydroxyl groups is 1. The zero-order valence-electron chi connectivity index (χ0n) is 22.1. The number of hydrogen-bond donors (Lipinski definition) is 1. The van der Waals surface area contributed by atoms with Gasteiger partial charge in [0.1, 0.15) is 11.5 Å². The number of rotatable bonds is 11. The average molecular weight is 556 g/mol. The maximum Gasteiger partial charge on any atom is 0.295 e. The van der Waals surface area contributed by atoms with Gasteiger partial charge in [0.2, 0.25) is 5.75 Å². The van der Waals surface area contributed by atoms with Gasteiger partial charge in [0.05, 0.1) is 50.9 Å². The lowest BCUT2D eigenvalue weighted by atomic mass is 9.94. The summed E-state index contributed by atoms with van der Waals surface area (Å²) in [6.45, 7) is 3.07. The Morgan fingerprint density at radius 3 is 2.31 bits per heavy atom. The molecule has 0 saturated carbocycles. The summed E-state index contributed by atoms with van der Waals surface area (Å²) in [6.07, 6.45) is 5.71. The summed E-state index contributed by atoms with van der Waals surface area (Å²) in [7, 11) is 4.44. The summed E-state index contributed by atoms with van der Waals surface area (Å²) >= 11 is 6.36. The molecule has 39 heavy (non-hydrogen) atoms. The van der Waals surface area contributed by atoms with Gasteiger partial charge < -0.3 is 33.5 Å². The van der Waals surface area contributed by atoms with E-state index in [0.717, 1.165) is 0 Å². The molecule has 1 amide bonds. The smallest absolute Gasteiger partial charge is 0.295 e. The number of likely N-dealkylation sites (tertiary alicyclic amines) is 1. The van der Waals surface area contributed by atoms with Gasteiger partial charge in [-0.3, -0.25) is 9.59 Å². The number of halogens is 1. The van der Waals surface area contributed by atoms with Crippen molar-refractivity contribution in [3.8, 4) is 23.0 Å². The number of benzene rings is 2. The summed E-state index contributed by atoms with van der Waals surface area (Å²) < 4.78 is 23.8. The quantitative estimate of drug-likeness (QED) is 0.209. The number of hydrogen-bond acceptors (Lipinski definition) is 8. The number of aromatic nitrogens is 2. The third-order valence-electron chi connectivity index (χ3n) is 6.42. The Morgan fingerprint density at radius 2 is 1.74 bits per heavy atom. The molecule has 0 spiro atoms. The number of ketones is 1. The van der Waals surface area contributed by atoms with Crippen LogP contribution in [0.5, 0.6) is 23.0 Å². The van der Waals surface area contributed by atoms with E-state index in [1.54, 1.807) is 36.8 Å². The van der Waals surface area contributed by atoms with Crippen LogP contribution < -0.4 is 18.9 Å². The van der Waals surface area contributed by atoms with Crippen LogP contribution in [0.3, 0.4) is 0 Å². The van der Waals surface area contributed by atoms with Crippen molar-refractivity contribution in [2.24, 2.45) is 0 Å². The van der Waals surface area contributed by atoms with E-state index in [0.29, 0.717) is 48.1 Å². The Bertz CT molecular complexity index is 1360. The van der Waals surface area contributed by atoms with Crippen LogP contribution in [0, 0.1) is 0 Å². The molecule has 1 atom stereocenters. The SMILES string of the molecule is CCOc1ccc(C(O)=C2C(=O)C(=O)N(CCCn3ccnc3)[C@@H]2c2cc(OC)c(OC)c(OC)c2)cc1Cl. The molecule has 2 aromatic carbocycles. The van der Waals surface area contributed by atoms with E-state index < -0.39 is 17.7 Å². The van der Waals surface area contributed by atoms with Gasteiger partial charge in [-0.1, -0.05) is 11.6 Å². The second kappa shape index (κ2) is 12.1. The first kappa shape index (κ1) is 27.8. The zero-order valence-corrected chi connectivity index (χ0v) is 22.9. The molecule has 2 heterocycles. The molecule has 1 aliphatic heterocycles. The maximum absolute atomic E-state index is 13.4. The van der Waals surface area contributed by atoms with E-state index in [4.69, 9.17) is 30.5 Å². The Labute approximate surface area is 231 Å². The van der Waals surface area contributed by atoms with Gasteiger partial charge in [0, 0.05) is 31.0 Å². The average Bonchev–Trinajstić information content (AvgIpc) is 3.55. The van der Waals surface area contributed by atoms with Crippen LogP contribution in [0.1, 0.15) is 30.5 Å². The van der Waals surface area contributed by atoms with E-state index in [9.17, 15) is 14.7 Å². The summed E-state index contributed by atoms with van der Waals surface area (Å²) in [4.78, 5) is 32.3. The molecule has 1 aliphatic rings. The molecule has 4 rings (SSSR count). The van der Waals surface area contributed by atoms with Crippen molar-refractivity contribution in [3.63, 3.8) is 0 Å². The minimum atomic E-state index is -0.924. The molecule has 1 aromatic heterocycles. The minimum absolute atomic E-state index is 0.0721. The minimum Gasteiger partial charge on any atom is -0.507 e. The topological polar surface area (TPSA) is 112 Å². The number of aliphatic hydroxyl groups excluding tert-OH is 1. The molecule has 0 radical (unpaired) electrons. The molecule has 1 N–H and O–H groups in total.